The van der Waals surface area contributed by atoms with Crippen LogP contribution in [0.25, 0.3) is 11.3 Å². The predicted molar refractivity (Wildman–Crippen MR) is 81.1 cm³/mol. The molecule has 0 amide bonds. The van der Waals surface area contributed by atoms with Gasteiger partial charge in [-0.3, -0.25) is 0 Å². The third-order valence-electron chi connectivity index (χ3n) is 3.67. The molecular formula is C15H18BrN3. The summed E-state index contributed by atoms with van der Waals surface area (Å²) < 4.78 is 1.09. The molecule has 0 saturated carbocycles. The van der Waals surface area contributed by atoms with E-state index in [0.717, 1.165) is 33.8 Å². The molecule has 0 aliphatic carbocycles. The molecule has 100 valence electrons. The molecular weight excluding hydrogens is 302 g/mol. The lowest BCUT2D eigenvalue weighted by Gasteiger charge is -2.21. The number of hydrogen-bond acceptors (Lipinski definition) is 2. The topological polar surface area (TPSA) is 40.7 Å². The molecule has 1 saturated heterocycles. The molecule has 2 heterocycles. The fourth-order valence-corrected chi connectivity index (χ4v) is 3.12. The Morgan fingerprint density at radius 3 is 2.84 bits per heavy atom. The highest BCUT2D eigenvalue weighted by molar-refractivity contribution is 9.10. The maximum Gasteiger partial charge on any atom is 0.124 e. The van der Waals surface area contributed by atoms with Crippen molar-refractivity contribution in [2.45, 2.75) is 32.2 Å². The van der Waals surface area contributed by atoms with Crippen LogP contribution in [-0.2, 0) is 0 Å². The SMILES string of the molecule is Cc1[nH]c(C2CCCCN2)nc1-c1ccccc1Br. The molecule has 1 aliphatic heterocycles. The number of halogens is 1. The van der Waals surface area contributed by atoms with Gasteiger partial charge in [0.25, 0.3) is 0 Å². The summed E-state index contributed by atoms with van der Waals surface area (Å²) in [6, 6.07) is 8.61. The molecule has 1 aromatic heterocycles. The van der Waals surface area contributed by atoms with E-state index in [1.807, 2.05) is 12.1 Å². The molecule has 1 aliphatic rings. The molecule has 1 fully saturated rings. The van der Waals surface area contributed by atoms with E-state index in [-0.39, 0.29) is 0 Å². The minimum Gasteiger partial charge on any atom is -0.344 e. The minimum atomic E-state index is 0.378. The molecule has 0 bridgehead atoms. The van der Waals surface area contributed by atoms with Crippen LogP contribution >= 0.6 is 15.9 Å². The van der Waals surface area contributed by atoms with Crippen molar-refractivity contribution in [3.8, 4) is 11.3 Å². The van der Waals surface area contributed by atoms with Crippen LogP contribution in [0.1, 0.15) is 36.8 Å². The number of aromatic nitrogens is 2. The summed E-state index contributed by atoms with van der Waals surface area (Å²) >= 11 is 3.60. The third kappa shape index (κ3) is 2.60. The van der Waals surface area contributed by atoms with E-state index < -0.39 is 0 Å². The number of piperidine rings is 1. The molecule has 2 aromatic rings. The van der Waals surface area contributed by atoms with Crippen molar-refractivity contribution in [2.75, 3.05) is 6.54 Å². The van der Waals surface area contributed by atoms with Crippen molar-refractivity contribution < 1.29 is 0 Å². The zero-order chi connectivity index (χ0) is 13.2. The van der Waals surface area contributed by atoms with Crippen LogP contribution in [-0.4, -0.2) is 16.5 Å². The summed E-state index contributed by atoms with van der Waals surface area (Å²) in [5.74, 6) is 1.07. The number of aromatic amines is 1. The molecule has 3 nitrogen and oxygen atoms in total. The highest BCUT2D eigenvalue weighted by Gasteiger charge is 2.20. The van der Waals surface area contributed by atoms with Crippen LogP contribution in [0.15, 0.2) is 28.7 Å². The average molecular weight is 320 g/mol. The lowest BCUT2D eigenvalue weighted by molar-refractivity contribution is 0.399. The van der Waals surface area contributed by atoms with Crippen molar-refractivity contribution in [1.82, 2.24) is 15.3 Å². The maximum absolute atomic E-state index is 4.82. The van der Waals surface area contributed by atoms with Gasteiger partial charge < -0.3 is 10.3 Å². The Morgan fingerprint density at radius 1 is 1.26 bits per heavy atom. The van der Waals surface area contributed by atoms with Crippen LogP contribution in [0.3, 0.4) is 0 Å². The number of nitrogens with one attached hydrogen (secondary N) is 2. The first kappa shape index (κ1) is 12.9. The zero-order valence-corrected chi connectivity index (χ0v) is 12.6. The van der Waals surface area contributed by atoms with Gasteiger partial charge in [-0.25, -0.2) is 4.98 Å². The van der Waals surface area contributed by atoms with E-state index in [9.17, 15) is 0 Å². The molecule has 1 atom stereocenters. The zero-order valence-electron chi connectivity index (χ0n) is 11.0. The van der Waals surface area contributed by atoms with E-state index >= 15 is 0 Å². The van der Waals surface area contributed by atoms with Crippen LogP contribution in [0.5, 0.6) is 0 Å². The minimum absolute atomic E-state index is 0.378. The van der Waals surface area contributed by atoms with Crippen molar-refractivity contribution in [3.63, 3.8) is 0 Å². The number of hydrogen-bond donors (Lipinski definition) is 2. The second-order valence-electron chi connectivity index (χ2n) is 5.08. The Morgan fingerprint density at radius 2 is 2.11 bits per heavy atom. The average Bonchev–Trinajstić information content (AvgIpc) is 2.82. The van der Waals surface area contributed by atoms with Crippen LogP contribution in [0.4, 0.5) is 0 Å². The molecule has 0 radical (unpaired) electrons. The largest absolute Gasteiger partial charge is 0.344 e. The van der Waals surface area contributed by atoms with Gasteiger partial charge in [-0.2, -0.15) is 0 Å². The van der Waals surface area contributed by atoms with Gasteiger partial charge in [0, 0.05) is 15.7 Å². The van der Waals surface area contributed by atoms with Crippen molar-refractivity contribution in [1.29, 1.82) is 0 Å². The van der Waals surface area contributed by atoms with Gasteiger partial charge in [0.1, 0.15) is 5.82 Å². The molecule has 1 unspecified atom stereocenters. The van der Waals surface area contributed by atoms with Gasteiger partial charge >= 0.3 is 0 Å². The fourth-order valence-electron chi connectivity index (χ4n) is 2.65. The van der Waals surface area contributed by atoms with Crippen molar-refractivity contribution >= 4 is 15.9 Å². The molecule has 0 spiro atoms. The number of H-pyrrole nitrogens is 1. The number of rotatable bonds is 2. The maximum atomic E-state index is 4.82. The first-order chi connectivity index (χ1) is 9.25. The Balaban J connectivity index is 1.95. The van der Waals surface area contributed by atoms with E-state index in [1.165, 1.54) is 19.3 Å². The Bertz CT molecular complexity index is 571. The summed E-state index contributed by atoms with van der Waals surface area (Å²) in [6.45, 7) is 3.18. The number of imidazole rings is 1. The first-order valence-corrected chi connectivity index (χ1v) is 7.60. The van der Waals surface area contributed by atoms with E-state index in [2.05, 4.69) is 45.3 Å². The third-order valence-corrected chi connectivity index (χ3v) is 4.36. The monoisotopic (exact) mass is 319 g/mol. The Labute approximate surface area is 122 Å². The van der Waals surface area contributed by atoms with Crippen LogP contribution in [0, 0.1) is 6.92 Å². The van der Waals surface area contributed by atoms with Gasteiger partial charge in [0.05, 0.1) is 11.7 Å². The second-order valence-corrected chi connectivity index (χ2v) is 5.93. The summed E-state index contributed by atoms with van der Waals surface area (Å²) in [4.78, 5) is 8.26. The normalized spacial score (nSPS) is 19.6. The molecule has 19 heavy (non-hydrogen) atoms. The summed E-state index contributed by atoms with van der Waals surface area (Å²) in [6.07, 6.45) is 3.72. The van der Waals surface area contributed by atoms with Gasteiger partial charge in [-0.05, 0) is 32.4 Å². The fraction of sp³-hybridized carbons (Fsp3) is 0.400. The molecule has 2 N–H and O–H groups in total. The summed E-state index contributed by atoms with van der Waals surface area (Å²) in [7, 11) is 0. The Kier molecular flexibility index (Phi) is 3.71. The molecule has 4 heteroatoms. The highest BCUT2D eigenvalue weighted by Crippen LogP contribution is 2.31. The molecule has 1 aromatic carbocycles. The van der Waals surface area contributed by atoms with Crippen LogP contribution < -0.4 is 5.32 Å². The van der Waals surface area contributed by atoms with E-state index in [1.54, 1.807) is 0 Å². The number of aryl methyl sites for hydroxylation is 1. The van der Waals surface area contributed by atoms with Gasteiger partial charge in [0.2, 0.25) is 0 Å². The van der Waals surface area contributed by atoms with Crippen molar-refractivity contribution in [2.24, 2.45) is 0 Å². The van der Waals surface area contributed by atoms with E-state index in [0.29, 0.717) is 6.04 Å². The Hall–Kier alpha value is -1.13. The van der Waals surface area contributed by atoms with E-state index in [4.69, 9.17) is 4.98 Å². The van der Waals surface area contributed by atoms with Crippen molar-refractivity contribution in [3.05, 3.63) is 40.3 Å². The second kappa shape index (κ2) is 5.47. The number of benzene rings is 1. The van der Waals surface area contributed by atoms with Gasteiger partial charge in [-0.15, -0.1) is 0 Å². The molecule has 3 rings (SSSR count). The van der Waals surface area contributed by atoms with Gasteiger partial charge in [0.15, 0.2) is 0 Å². The highest BCUT2D eigenvalue weighted by atomic mass is 79.9. The predicted octanol–water partition coefficient (Wildman–Crippen LogP) is 3.96. The standard InChI is InChI=1S/C15H18BrN3/c1-10-14(11-6-2-3-7-12(11)16)19-15(18-10)13-8-4-5-9-17-13/h2-3,6-7,13,17H,4-5,8-9H2,1H3,(H,18,19). The lowest BCUT2D eigenvalue weighted by atomic mass is 10.0. The van der Waals surface area contributed by atoms with Gasteiger partial charge in [-0.1, -0.05) is 40.5 Å². The van der Waals surface area contributed by atoms with Crippen LogP contribution in [0.2, 0.25) is 0 Å². The quantitative estimate of drug-likeness (QED) is 0.879. The number of nitrogens with zero attached hydrogens (tertiary/aromatic N) is 1. The first-order valence-electron chi connectivity index (χ1n) is 6.80. The lowest BCUT2D eigenvalue weighted by Crippen LogP contribution is -2.27. The summed E-state index contributed by atoms with van der Waals surface area (Å²) in [5, 5.41) is 3.54. The smallest absolute Gasteiger partial charge is 0.124 e. The summed E-state index contributed by atoms with van der Waals surface area (Å²) in [5.41, 5.74) is 3.34.